The van der Waals surface area contributed by atoms with E-state index in [4.69, 9.17) is 9.47 Å². The Balaban J connectivity index is 0.00000205. The number of anilines is 1. The predicted molar refractivity (Wildman–Crippen MR) is 143 cm³/mol. The van der Waals surface area contributed by atoms with Gasteiger partial charge in [-0.3, -0.25) is 10.2 Å². The first kappa shape index (κ1) is 28.7. The van der Waals surface area contributed by atoms with Gasteiger partial charge in [-0.05, 0) is 68.3 Å². The minimum Gasteiger partial charge on any atom is -0.490 e. The third-order valence-electron chi connectivity index (χ3n) is 5.30. The first-order chi connectivity index (χ1) is 19.0. The van der Waals surface area contributed by atoms with E-state index in [1.807, 2.05) is 52.0 Å². The van der Waals surface area contributed by atoms with E-state index in [1.54, 1.807) is 0 Å². The Kier molecular flexibility index (Phi) is 10.4. The molecule has 204 valence electrons. The molecule has 0 saturated carbocycles. The van der Waals surface area contributed by atoms with E-state index >= 15 is 0 Å². The van der Waals surface area contributed by atoms with Crippen LogP contribution in [0.1, 0.15) is 62.3 Å². The van der Waals surface area contributed by atoms with Crippen LogP contribution >= 0.6 is 0 Å². The number of nitrogens with zero attached hydrogens (tertiary/aromatic N) is 7. The van der Waals surface area contributed by atoms with Crippen LogP contribution in [0.3, 0.4) is 0 Å². The number of carbonyl (C=O) groups is 1. The molecule has 2 N–H and O–H groups in total. The molecule has 0 unspecified atom stereocenters. The number of ether oxygens (including phenoxy) is 2. The molecule has 0 spiro atoms. The summed E-state index contributed by atoms with van der Waals surface area (Å²) in [5, 5.41) is 31.7. The highest BCUT2D eigenvalue weighted by molar-refractivity contribution is 6.09. The topological polar surface area (TPSA) is 154 Å². The van der Waals surface area contributed by atoms with Gasteiger partial charge in [0.15, 0.2) is 11.5 Å². The summed E-state index contributed by atoms with van der Waals surface area (Å²) < 4.78 is 26.2. The maximum Gasteiger partial charge on any atom is 0.276 e. The van der Waals surface area contributed by atoms with Crippen molar-refractivity contribution in [2.45, 2.75) is 40.5 Å². The van der Waals surface area contributed by atoms with Crippen molar-refractivity contribution in [2.75, 3.05) is 25.2 Å². The van der Waals surface area contributed by atoms with Crippen LogP contribution < -0.4 is 14.9 Å². The van der Waals surface area contributed by atoms with Crippen LogP contribution in [-0.2, 0) is 0 Å². The lowest BCUT2D eigenvalue weighted by Crippen LogP contribution is -2.32. The van der Waals surface area contributed by atoms with E-state index in [2.05, 4.69) is 36.3 Å². The van der Waals surface area contributed by atoms with Gasteiger partial charge < -0.3 is 9.47 Å². The van der Waals surface area contributed by atoms with Gasteiger partial charge in [-0.2, -0.15) is 20.7 Å². The molecule has 12 nitrogen and oxygen atoms in total. The number of H-pyrrole nitrogens is 1. The number of hydrazone groups is 2. The molecule has 3 aromatic rings. The largest absolute Gasteiger partial charge is 0.490 e. The molecule has 0 radical (unpaired) electrons. The molecule has 2 heterocycles. The summed E-state index contributed by atoms with van der Waals surface area (Å²) in [7, 11) is 0. The molecular formula is C26H30FN9O3. The van der Waals surface area contributed by atoms with Gasteiger partial charge in [-0.25, -0.2) is 9.40 Å². The molecule has 13 heteroatoms. The van der Waals surface area contributed by atoms with E-state index in [0.29, 0.717) is 49.8 Å². The molecule has 1 amide bonds. The number of amides is 1. The molecular weight excluding hydrogens is 505 g/mol. The molecule has 0 atom stereocenters. The number of halogens is 1. The Morgan fingerprint density at radius 2 is 1.95 bits per heavy atom. The van der Waals surface area contributed by atoms with Crippen molar-refractivity contribution in [1.29, 1.82) is 5.26 Å². The van der Waals surface area contributed by atoms with E-state index in [-0.39, 0.29) is 22.8 Å². The van der Waals surface area contributed by atoms with Crippen LogP contribution in [0.5, 0.6) is 11.5 Å². The Morgan fingerprint density at radius 3 is 2.62 bits per heavy atom. The molecule has 2 aromatic carbocycles. The van der Waals surface area contributed by atoms with Crippen molar-refractivity contribution in [3.8, 4) is 17.6 Å². The summed E-state index contributed by atoms with van der Waals surface area (Å²) >= 11 is 0. The van der Waals surface area contributed by atoms with Crippen LogP contribution in [-0.4, -0.2) is 62.7 Å². The highest BCUT2D eigenvalue weighted by Gasteiger charge is 2.24. The summed E-state index contributed by atoms with van der Waals surface area (Å²) in [6.45, 7) is 9.13. The third kappa shape index (κ3) is 7.13. The molecule has 39 heavy (non-hydrogen) atoms. The molecule has 0 bridgehead atoms. The SMILES string of the molecule is CC.CCOc1ccc(C2=NN(C(=O)c3ccc(N/N=C(/C#N)c4nn[nH]n4)cc3F)CCC2)cc1OCC. The average molecular weight is 536 g/mol. The summed E-state index contributed by atoms with van der Waals surface area (Å²) in [5.74, 6) is -0.0992. The lowest BCUT2D eigenvalue weighted by Gasteiger charge is -2.24. The fourth-order valence-corrected chi connectivity index (χ4v) is 3.63. The molecule has 1 aromatic heterocycles. The number of carbonyl (C=O) groups excluding carboxylic acids is 1. The van der Waals surface area contributed by atoms with Gasteiger partial charge in [0.2, 0.25) is 11.5 Å². The molecule has 0 fully saturated rings. The van der Waals surface area contributed by atoms with Crippen LogP contribution in [0.15, 0.2) is 46.6 Å². The normalized spacial score (nSPS) is 13.0. The quantitative estimate of drug-likeness (QED) is 0.306. The monoisotopic (exact) mass is 535 g/mol. The van der Waals surface area contributed by atoms with Crippen molar-refractivity contribution in [1.82, 2.24) is 25.6 Å². The second-order valence-electron chi connectivity index (χ2n) is 7.72. The fourth-order valence-electron chi connectivity index (χ4n) is 3.63. The van der Waals surface area contributed by atoms with Crippen LogP contribution in [0.2, 0.25) is 0 Å². The van der Waals surface area contributed by atoms with Crippen LogP contribution in [0.25, 0.3) is 0 Å². The molecule has 1 aliphatic rings. The third-order valence-corrected chi connectivity index (χ3v) is 5.30. The van der Waals surface area contributed by atoms with Crippen LogP contribution in [0.4, 0.5) is 10.1 Å². The zero-order valence-corrected chi connectivity index (χ0v) is 22.2. The van der Waals surface area contributed by atoms with Crippen molar-refractivity contribution in [3.05, 3.63) is 59.2 Å². The van der Waals surface area contributed by atoms with Crippen molar-refractivity contribution in [2.24, 2.45) is 10.2 Å². The second kappa shape index (κ2) is 14.2. The zero-order chi connectivity index (χ0) is 28.2. The predicted octanol–water partition coefficient (Wildman–Crippen LogP) is 4.14. The number of aromatic nitrogens is 4. The van der Waals surface area contributed by atoms with Gasteiger partial charge >= 0.3 is 0 Å². The van der Waals surface area contributed by atoms with E-state index in [1.165, 1.54) is 17.1 Å². The van der Waals surface area contributed by atoms with Gasteiger partial charge in [0.25, 0.3) is 5.91 Å². The van der Waals surface area contributed by atoms with Gasteiger partial charge in [-0.15, -0.1) is 10.2 Å². The van der Waals surface area contributed by atoms with Crippen molar-refractivity contribution >= 4 is 23.0 Å². The number of hydrogen-bond donors (Lipinski definition) is 2. The maximum atomic E-state index is 14.9. The minimum absolute atomic E-state index is 0.0121. The van der Waals surface area contributed by atoms with Crippen molar-refractivity contribution in [3.63, 3.8) is 0 Å². The highest BCUT2D eigenvalue weighted by Crippen LogP contribution is 2.30. The highest BCUT2D eigenvalue weighted by atomic mass is 19.1. The number of benzene rings is 2. The van der Waals surface area contributed by atoms with Gasteiger partial charge in [0, 0.05) is 12.1 Å². The van der Waals surface area contributed by atoms with E-state index in [9.17, 15) is 14.4 Å². The smallest absolute Gasteiger partial charge is 0.276 e. The molecule has 0 saturated heterocycles. The summed E-state index contributed by atoms with van der Waals surface area (Å²) in [5.41, 5.74) is 4.00. The standard InChI is InChI=1S/C24H24FN9O3.C2H6/c1-3-36-21-10-7-15(12-22(21)37-4-2)19-6-5-11-34(31-19)24(35)17-9-8-16(13-18(17)25)27-28-20(14-26)23-29-32-33-30-23;1-2/h7-10,12-13,27H,3-6,11H2,1-2H3,(H,29,30,32,33);1-2H3/b28-20-;. The van der Waals surface area contributed by atoms with E-state index in [0.717, 1.165) is 11.6 Å². The summed E-state index contributed by atoms with van der Waals surface area (Å²) in [4.78, 5) is 13.1. The maximum absolute atomic E-state index is 14.9. The Bertz CT molecular complexity index is 1370. The summed E-state index contributed by atoms with van der Waals surface area (Å²) in [6.07, 6.45) is 1.33. The number of nitriles is 1. The Hall–Kier alpha value is -4.86. The molecule has 1 aliphatic heterocycles. The summed E-state index contributed by atoms with van der Waals surface area (Å²) in [6, 6.07) is 11.3. The van der Waals surface area contributed by atoms with Crippen LogP contribution in [0, 0.1) is 17.1 Å². The Labute approximate surface area is 225 Å². The fraction of sp³-hybridized carbons (Fsp3) is 0.346. The minimum atomic E-state index is -0.759. The van der Waals surface area contributed by atoms with Gasteiger partial charge in [0.05, 0.1) is 30.2 Å². The van der Waals surface area contributed by atoms with Gasteiger partial charge in [-0.1, -0.05) is 13.8 Å². The number of tetrazole rings is 1. The zero-order valence-electron chi connectivity index (χ0n) is 22.2. The number of nitrogens with one attached hydrogen (secondary N) is 2. The first-order valence-corrected chi connectivity index (χ1v) is 12.6. The lowest BCUT2D eigenvalue weighted by atomic mass is 10.0. The number of aromatic amines is 1. The Morgan fingerprint density at radius 1 is 1.18 bits per heavy atom. The average Bonchev–Trinajstić information content (AvgIpc) is 3.50. The number of rotatable bonds is 9. The molecule has 4 rings (SSSR count). The lowest BCUT2D eigenvalue weighted by molar-refractivity contribution is 0.0747. The molecule has 0 aliphatic carbocycles. The first-order valence-electron chi connectivity index (χ1n) is 12.6. The van der Waals surface area contributed by atoms with Crippen molar-refractivity contribution < 1.29 is 18.7 Å². The number of hydrogen-bond acceptors (Lipinski definition) is 10. The second-order valence-corrected chi connectivity index (χ2v) is 7.72. The van der Waals surface area contributed by atoms with Gasteiger partial charge in [0.1, 0.15) is 11.9 Å². The van der Waals surface area contributed by atoms with E-state index < -0.39 is 11.7 Å².